The van der Waals surface area contributed by atoms with E-state index in [9.17, 15) is 0 Å². The second-order valence-electron chi connectivity index (χ2n) is 3.13. The number of benzene rings is 1. The van der Waals surface area contributed by atoms with Crippen LogP contribution in [0.1, 0.15) is 0 Å². The van der Waals surface area contributed by atoms with Gasteiger partial charge in [-0.2, -0.15) is 0 Å². The number of aromatic nitrogens is 2. The lowest BCUT2D eigenvalue weighted by Crippen LogP contribution is -2.06. The second kappa shape index (κ2) is 5.60. The summed E-state index contributed by atoms with van der Waals surface area (Å²) in [6.07, 6.45) is 8.87. The monoisotopic (exact) mass is 212 g/mol. The molecule has 0 aliphatic carbocycles. The average molecular weight is 212 g/mol. The molecule has 16 heavy (non-hydrogen) atoms. The zero-order chi connectivity index (χ0) is 11.1. The van der Waals surface area contributed by atoms with Crippen molar-refractivity contribution in [1.29, 1.82) is 0 Å². The van der Waals surface area contributed by atoms with E-state index in [0.717, 1.165) is 17.6 Å². The first-order valence-electron chi connectivity index (χ1n) is 5.00. The normalized spacial score (nSPS) is 12.8. The van der Waals surface area contributed by atoms with Crippen molar-refractivity contribution in [1.82, 2.24) is 15.3 Å². The number of nitrogens with one attached hydrogen (secondary N) is 1. The molecule has 0 bridgehead atoms. The van der Waals surface area contributed by atoms with Gasteiger partial charge in [-0.1, -0.05) is 18.2 Å². The van der Waals surface area contributed by atoms with Gasteiger partial charge in [-0.25, -0.2) is 9.97 Å². The third-order valence-corrected chi connectivity index (χ3v) is 2.00. The molecule has 1 aliphatic rings. The maximum atomic E-state index is 4.07. The summed E-state index contributed by atoms with van der Waals surface area (Å²) < 4.78 is 0. The molecule has 80 valence electrons. The number of nitrogens with zero attached hydrogens (tertiary/aromatic N) is 3. The Bertz CT molecular complexity index is 428. The van der Waals surface area contributed by atoms with Crippen LogP contribution in [0.2, 0.25) is 0 Å². The molecule has 1 aromatic heterocycles. The number of allylic oxidation sites excluding steroid dienone is 1. The number of rotatable bonds is 0. The molecule has 4 nitrogen and oxygen atoms in total. The van der Waals surface area contributed by atoms with E-state index in [2.05, 4.69) is 20.3 Å². The van der Waals surface area contributed by atoms with Crippen LogP contribution >= 0.6 is 0 Å². The van der Waals surface area contributed by atoms with Crippen molar-refractivity contribution < 1.29 is 0 Å². The van der Waals surface area contributed by atoms with E-state index in [1.165, 1.54) is 0 Å². The number of para-hydroxylation sites is 1. The fraction of sp³-hybridized carbons (Fsp3) is 0.0833. The summed E-state index contributed by atoms with van der Waals surface area (Å²) in [6.45, 7) is 0.733. The first kappa shape index (κ1) is 10.3. The van der Waals surface area contributed by atoms with Crippen molar-refractivity contribution in [2.45, 2.75) is 0 Å². The van der Waals surface area contributed by atoms with Crippen molar-refractivity contribution >= 4 is 17.1 Å². The summed E-state index contributed by atoms with van der Waals surface area (Å²) in [5.41, 5.74) is 0.998. The maximum Gasteiger partial charge on any atom is 0.116 e. The molecule has 4 heteroatoms. The zero-order valence-electron chi connectivity index (χ0n) is 8.74. The van der Waals surface area contributed by atoms with Gasteiger partial charge in [-0.05, 0) is 18.3 Å². The SMILES string of the molecule is C1=CNCN=C1.c1ccc2ncncc2c1. The fourth-order valence-electron chi connectivity index (χ4n) is 1.25. The number of hydrogen-bond acceptors (Lipinski definition) is 4. The largest absolute Gasteiger partial charge is 0.372 e. The van der Waals surface area contributed by atoms with Crippen LogP contribution < -0.4 is 5.32 Å². The van der Waals surface area contributed by atoms with Gasteiger partial charge in [0, 0.05) is 17.8 Å². The highest BCUT2D eigenvalue weighted by molar-refractivity contribution is 5.76. The molecular formula is C12H12N4. The highest BCUT2D eigenvalue weighted by Crippen LogP contribution is 2.06. The van der Waals surface area contributed by atoms with Crippen LogP contribution in [0.5, 0.6) is 0 Å². The second-order valence-corrected chi connectivity index (χ2v) is 3.13. The topological polar surface area (TPSA) is 50.2 Å². The van der Waals surface area contributed by atoms with Crippen molar-refractivity contribution in [3.05, 3.63) is 49.1 Å². The predicted octanol–water partition coefficient (Wildman–Crippen LogP) is 1.76. The Morgan fingerprint density at radius 2 is 2.12 bits per heavy atom. The van der Waals surface area contributed by atoms with Crippen LogP contribution in [0.25, 0.3) is 10.9 Å². The Morgan fingerprint density at radius 1 is 1.19 bits per heavy atom. The first-order chi connectivity index (χ1) is 7.97. The Labute approximate surface area is 93.8 Å². The van der Waals surface area contributed by atoms with E-state index < -0.39 is 0 Å². The van der Waals surface area contributed by atoms with E-state index >= 15 is 0 Å². The van der Waals surface area contributed by atoms with Gasteiger partial charge in [0.25, 0.3) is 0 Å². The van der Waals surface area contributed by atoms with Gasteiger partial charge in [0.15, 0.2) is 0 Å². The Morgan fingerprint density at radius 3 is 2.75 bits per heavy atom. The molecule has 1 N–H and O–H groups in total. The van der Waals surface area contributed by atoms with E-state index in [1.807, 2.05) is 42.7 Å². The summed E-state index contributed by atoms with van der Waals surface area (Å²) in [6, 6.07) is 7.91. The molecule has 0 radical (unpaired) electrons. The number of aliphatic imine (C=N–C) groups is 1. The molecule has 2 aromatic rings. The molecule has 0 saturated carbocycles. The molecule has 0 amide bonds. The molecule has 1 aliphatic heterocycles. The van der Waals surface area contributed by atoms with Crippen molar-refractivity contribution in [2.75, 3.05) is 6.67 Å². The van der Waals surface area contributed by atoms with Gasteiger partial charge in [-0.15, -0.1) is 0 Å². The first-order valence-corrected chi connectivity index (χ1v) is 5.00. The van der Waals surface area contributed by atoms with E-state index in [-0.39, 0.29) is 0 Å². The van der Waals surface area contributed by atoms with Gasteiger partial charge in [0.05, 0.1) is 5.52 Å². The lowest BCUT2D eigenvalue weighted by Gasteiger charge is -1.94. The van der Waals surface area contributed by atoms with Gasteiger partial charge >= 0.3 is 0 Å². The van der Waals surface area contributed by atoms with Crippen LogP contribution in [-0.2, 0) is 0 Å². The lowest BCUT2D eigenvalue weighted by molar-refractivity contribution is 0.879. The van der Waals surface area contributed by atoms with E-state index in [1.54, 1.807) is 12.5 Å². The van der Waals surface area contributed by atoms with Crippen molar-refractivity contribution in [3.8, 4) is 0 Å². The summed E-state index contributed by atoms with van der Waals surface area (Å²) in [5, 5.41) is 3.99. The van der Waals surface area contributed by atoms with E-state index in [4.69, 9.17) is 0 Å². The van der Waals surface area contributed by atoms with Gasteiger partial charge in [-0.3, -0.25) is 4.99 Å². The summed E-state index contributed by atoms with van der Waals surface area (Å²) in [4.78, 5) is 11.8. The summed E-state index contributed by atoms with van der Waals surface area (Å²) in [7, 11) is 0. The average Bonchev–Trinajstić information content (AvgIpc) is 2.42. The fourth-order valence-corrected chi connectivity index (χ4v) is 1.25. The number of fused-ring (bicyclic) bond motifs is 1. The molecule has 1 aromatic carbocycles. The molecular weight excluding hydrogens is 200 g/mol. The molecule has 0 saturated heterocycles. The minimum absolute atomic E-state index is 0.733. The zero-order valence-corrected chi connectivity index (χ0v) is 8.74. The Hall–Kier alpha value is -2.23. The molecule has 0 atom stereocenters. The molecule has 3 rings (SSSR count). The molecule has 0 fully saturated rings. The van der Waals surface area contributed by atoms with Gasteiger partial charge in [0.1, 0.15) is 13.0 Å². The number of hydrogen-bond donors (Lipinski definition) is 1. The maximum absolute atomic E-state index is 4.07. The molecule has 0 spiro atoms. The molecule has 2 heterocycles. The quantitative estimate of drug-likeness (QED) is 0.724. The predicted molar refractivity (Wildman–Crippen MR) is 65.2 cm³/mol. The highest BCUT2D eigenvalue weighted by atomic mass is 15.0. The molecule has 0 unspecified atom stereocenters. The lowest BCUT2D eigenvalue weighted by atomic mass is 10.2. The Kier molecular flexibility index (Phi) is 3.60. The summed E-state index contributed by atoms with van der Waals surface area (Å²) in [5.74, 6) is 0. The minimum Gasteiger partial charge on any atom is -0.372 e. The van der Waals surface area contributed by atoms with Crippen molar-refractivity contribution in [3.63, 3.8) is 0 Å². The third-order valence-electron chi connectivity index (χ3n) is 2.00. The van der Waals surface area contributed by atoms with Crippen LogP contribution in [0.4, 0.5) is 0 Å². The van der Waals surface area contributed by atoms with Crippen molar-refractivity contribution in [2.24, 2.45) is 4.99 Å². The highest BCUT2D eigenvalue weighted by Gasteiger charge is 1.87. The van der Waals surface area contributed by atoms with Crippen LogP contribution in [-0.4, -0.2) is 22.9 Å². The Balaban J connectivity index is 0.000000138. The van der Waals surface area contributed by atoms with Crippen LogP contribution in [0.3, 0.4) is 0 Å². The third kappa shape index (κ3) is 2.88. The van der Waals surface area contributed by atoms with Crippen LogP contribution in [0, 0.1) is 0 Å². The standard InChI is InChI=1S/C8H6N2.C4H6N2/c1-2-4-8-7(3-1)5-9-6-10-8;1-2-5-4-6-3-1/h1-6H;1-3,5H,4H2. The summed E-state index contributed by atoms with van der Waals surface area (Å²) >= 11 is 0. The van der Waals surface area contributed by atoms with Gasteiger partial charge < -0.3 is 5.32 Å². The smallest absolute Gasteiger partial charge is 0.116 e. The van der Waals surface area contributed by atoms with Crippen LogP contribution in [0.15, 0.2) is 54.1 Å². The van der Waals surface area contributed by atoms with Gasteiger partial charge in [0.2, 0.25) is 0 Å². The van der Waals surface area contributed by atoms with E-state index in [0.29, 0.717) is 0 Å². The minimum atomic E-state index is 0.733.